The van der Waals surface area contributed by atoms with Gasteiger partial charge in [-0.2, -0.15) is 0 Å². The fourth-order valence-corrected chi connectivity index (χ4v) is 0.588. The van der Waals surface area contributed by atoms with E-state index < -0.39 is 0 Å². The van der Waals surface area contributed by atoms with E-state index in [2.05, 4.69) is 6.07 Å². The Bertz CT molecular complexity index is 203. The SMILES string of the molecule is Cc1c[c-]c(C=O)cc1.[CH3-].[W+2]. The average Bonchev–Trinajstić information content (AvgIpc) is 1.90. The molecule has 0 amide bonds. The monoisotopic (exact) mass is 318 g/mol. The van der Waals surface area contributed by atoms with Crippen LogP contribution in [0.1, 0.15) is 15.9 Å². The first kappa shape index (κ1) is 13.2. The molecule has 0 unspecified atom stereocenters. The second-order valence-corrected chi connectivity index (χ2v) is 1.94. The van der Waals surface area contributed by atoms with Crippen molar-refractivity contribution in [1.29, 1.82) is 0 Å². The zero-order valence-electron chi connectivity index (χ0n) is 6.63. The first-order valence-electron chi connectivity index (χ1n) is 2.76. The van der Waals surface area contributed by atoms with Gasteiger partial charge in [0, 0.05) is 0 Å². The largest absolute Gasteiger partial charge is 2.00 e. The molecular weight excluding hydrogens is 308 g/mol. The van der Waals surface area contributed by atoms with Gasteiger partial charge in [-0.15, -0.1) is 35.4 Å². The van der Waals surface area contributed by atoms with Crippen LogP contribution in [0.4, 0.5) is 0 Å². The molecule has 1 aromatic carbocycles. The van der Waals surface area contributed by atoms with Crippen LogP contribution in [0.5, 0.6) is 0 Å². The summed E-state index contributed by atoms with van der Waals surface area (Å²) in [5.41, 5.74) is 1.74. The molecular formula is C9H10OW. The van der Waals surface area contributed by atoms with Gasteiger partial charge < -0.3 is 12.2 Å². The summed E-state index contributed by atoms with van der Waals surface area (Å²) < 4.78 is 0. The van der Waals surface area contributed by atoms with E-state index in [9.17, 15) is 4.79 Å². The van der Waals surface area contributed by atoms with E-state index in [1.54, 1.807) is 12.1 Å². The van der Waals surface area contributed by atoms with Gasteiger partial charge in [0.25, 0.3) is 0 Å². The summed E-state index contributed by atoms with van der Waals surface area (Å²) in [5, 5.41) is 0. The summed E-state index contributed by atoms with van der Waals surface area (Å²) >= 11 is 0. The third-order valence-corrected chi connectivity index (χ3v) is 1.12. The molecule has 0 aliphatic carbocycles. The predicted octanol–water partition coefficient (Wildman–Crippen LogP) is 2.06. The number of rotatable bonds is 1. The molecule has 0 N–H and O–H groups in total. The molecule has 0 saturated heterocycles. The molecule has 0 radical (unpaired) electrons. The molecule has 0 fully saturated rings. The summed E-state index contributed by atoms with van der Waals surface area (Å²) in [7, 11) is 0. The van der Waals surface area contributed by atoms with Gasteiger partial charge in [0.1, 0.15) is 0 Å². The van der Waals surface area contributed by atoms with Gasteiger partial charge in [0.2, 0.25) is 0 Å². The van der Waals surface area contributed by atoms with Gasteiger partial charge >= 0.3 is 21.1 Å². The minimum atomic E-state index is 0. The first-order chi connectivity index (χ1) is 4.33. The molecule has 0 spiro atoms. The van der Waals surface area contributed by atoms with Crippen molar-refractivity contribution in [2.45, 2.75) is 6.92 Å². The standard InChI is InChI=1S/C8H7O.CH3.W/c1-7-2-4-8(6-9)5-3-7;;/h2-4,6H,1H3;1H3;/q2*-1;+2. The maximum atomic E-state index is 10.1. The quantitative estimate of drug-likeness (QED) is 0.572. The third-order valence-electron chi connectivity index (χ3n) is 1.12. The van der Waals surface area contributed by atoms with Gasteiger partial charge in [-0.1, -0.05) is 6.92 Å². The minimum Gasteiger partial charge on any atom is -0.358 e. The molecule has 0 heterocycles. The van der Waals surface area contributed by atoms with Crippen molar-refractivity contribution in [2.24, 2.45) is 0 Å². The second kappa shape index (κ2) is 6.30. The second-order valence-electron chi connectivity index (χ2n) is 1.94. The van der Waals surface area contributed by atoms with Crippen LogP contribution in [0, 0.1) is 20.4 Å². The third kappa shape index (κ3) is 4.10. The van der Waals surface area contributed by atoms with E-state index >= 15 is 0 Å². The number of hydrogen-bond acceptors (Lipinski definition) is 1. The van der Waals surface area contributed by atoms with Gasteiger partial charge in [-0.3, -0.25) is 0 Å². The summed E-state index contributed by atoms with van der Waals surface area (Å²) in [4.78, 5) is 10.1. The zero-order chi connectivity index (χ0) is 6.69. The van der Waals surface area contributed by atoms with Crippen LogP contribution in [0.15, 0.2) is 18.2 Å². The number of hydrogen-bond donors (Lipinski definition) is 0. The molecule has 1 aromatic rings. The summed E-state index contributed by atoms with van der Waals surface area (Å²) in [6.45, 7) is 1.96. The van der Waals surface area contributed by atoms with Crippen LogP contribution in [0.25, 0.3) is 0 Å². The molecule has 58 valence electrons. The molecule has 11 heavy (non-hydrogen) atoms. The van der Waals surface area contributed by atoms with Crippen LogP contribution < -0.4 is 0 Å². The first-order valence-corrected chi connectivity index (χ1v) is 2.76. The summed E-state index contributed by atoms with van der Waals surface area (Å²) in [6.07, 6.45) is 0.791. The molecule has 1 nitrogen and oxygen atoms in total. The van der Waals surface area contributed by atoms with Gasteiger partial charge in [0.15, 0.2) is 0 Å². The van der Waals surface area contributed by atoms with Crippen molar-refractivity contribution in [3.8, 4) is 0 Å². The molecule has 0 atom stereocenters. The number of aldehydes is 1. The average molecular weight is 318 g/mol. The molecule has 0 saturated carbocycles. The van der Waals surface area contributed by atoms with Crippen LogP contribution in [-0.2, 0) is 21.1 Å². The smallest absolute Gasteiger partial charge is 0.358 e. The maximum absolute atomic E-state index is 10.1. The van der Waals surface area contributed by atoms with Crippen LogP contribution >= 0.6 is 0 Å². The fourth-order valence-electron chi connectivity index (χ4n) is 0.588. The number of aryl methyl sites for hydroxylation is 1. The van der Waals surface area contributed by atoms with E-state index in [4.69, 9.17) is 0 Å². The Labute approximate surface area is 82.1 Å². The zero-order valence-corrected chi connectivity index (χ0v) is 9.56. The molecule has 0 aliphatic rings. The van der Waals surface area contributed by atoms with Crippen molar-refractivity contribution in [3.05, 3.63) is 42.8 Å². The van der Waals surface area contributed by atoms with Crippen LogP contribution in [-0.4, -0.2) is 6.29 Å². The minimum absolute atomic E-state index is 0. The number of carbonyl (C=O) groups is 1. The fraction of sp³-hybridized carbons (Fsp3) is 0.111. The van der Waals surface area contributed by atoms with Crippen molar-refractivity contribution in [1.82, 2.24) is 0 Å². The summed E-state index contributed by atoms with van der Waals surface area (Å²) in [5.74, 6) is 0. The summed E-state index contributed by atoms with van der Waals surface area (Å²) in [6, 6.07) is 8.26. The Kier molecular flexibility index (Phi) is 7.55. The Morgan fingerprint density at radius 2 is 2.09 bits per heavy atom. The molecule has 1 rings (SSSR count). The Morgan fingerprint density at radius 1 is 1.45 bits per heavy atom. The number of carbonyl (C=O) groups excluding carboxylic acids is 1. The van der Waals surface area contributed by atoms with E-state index in [1.807, 2.05) is 13.0 Å². The van der Waals surface area contributed by atoms with Gasteiger partial charge in [-0.05, 0) is 0 Å². The molecule has 0 aliphatic heterocycles. The Hall–Kier alpha value is -0.422. The molecule has 2 heteroatoms. The van der Waals surface area contributed by atoms with Gasteiger partial charge in [-0.25, -0.2) is 0 Å². The number of benzene rings is 1. The van der Waals surface area contributed by atoms with Gasteiger partial charge in [0.05, 0.1) is 6.29 Å². The van der Waals surface area contributed by atoms with Crippen molar-refractivity contribution in [2.75, 3.05) is 0 Å². The van der Waals surface area contributed by atoms with Crippen molar-refractivity contribution in [3.63, 3.8) is 0 Å². The van der Waals surface area contributed by atoms with Crippen LogP contribution in [0.3, 0.4) is 0 Å². The predicted molar refractivity (Wildman–Crippen MR) is 41.8 cm³/mol. The molecule has 0 bridgehead atoms. The topological polar surface area (TPSA) is 17.1 Å². The normalized spacial score (nSPS) is 7.36. The van der Waals surface area contributed by atoms with E-state index in [-0.39, 0.29) is 28.5 Å². The van der Waals surface area contributed by atoms with E-state index in [0.717, 1.165) is 11.8 Å². The van der Waals surface area contributed by atoms with Crippen molar-refractivity contribution < 1.29 is 25.9 Å². The Morgan fingerprint density at radius 3 is 2.45 bits per heavy atom. The maximum Gasteiger partial charge on any atom is 2.00 e. The Balaban J connectivity index is 0. The van der Waals surface area contributed by atoms with Crippen molar-refractivity contribution >= 4 is 6.29 Å². The van der Waals surface area contributed by atoms with E-state index in [0.29, 0.717) is 5.56 Å². The van der Waals surface area contributed by atoms with Crippen LogP contribution in [0.2, 0.25) is 0 Å². The molecule has 0 aromatic heterocycles. The van der Waals surface area contributed by atoms with E-state index in [1.165, 1.54) is 0 Å².